The van der Waals surface area contributed by atoms with Crippen LogP contribution in [-0.2, 0) is 26.2 Å². The van der Waals surface area contributed by atoms with Crippen molar-refractivity contribution in [2.45, 2.75) is 55.7 Å². The van der Waals surface area contributed by atoms with Crippen LogP contribution in [0.4, 0.5) is 0 Å². The number of carbonyl (C=O) groups is 1. The standard InChI is InChI=1S/C27H31NO5S2/c1-4-5-6-8-13-23-20-25(18-19-26(23)33-27(29)22-11-9-7-10-12-22)34(3,30)28-35(31,32)24-16-14-21(2)15-17-24/h7,9-12,14-20H,3-6,8,13H2,1-2H3,(H,28,30). The van der Waals surface area contributed by atoms with E-state index in [1.54, 1.807) is 48.5 Å². The van der Waals surface area contributed by atoms with Crippen LogP contribution in [0.2, 0.25) is 0 Å². The molecule has 0 heterocycles. The van der Waals surface area contributed by atoms with Crippen LogP contribution in [-0.4, -0.2) is 24.5 Å². The van der Waals surface area contributed by atoms with Gasteiger partial charge >= 0.3 is 5.97 Å². The number of hydrogen-bond donors (Lipinski definition) is 1. The fraction of sp³-hybridized carbons (Fsp3) is 0.259. The Morgan fingerprint density at radius 1 is 0.886 bits per heavy atom. The van der Waals surface area contributed by atoms with E-state index >= 15 is 0 Å². The highest BCUT2D eigenvalue weighted by molar-refractivity contribution is 8.09. The summed E-state index contributed by atoms with van der Waals surface area (Å²) in [5, 5.41) is 0. The first kappa shape index (κ1) is 26.7. The monoisotopic (exact) mass is 513 g/mol. The van der Waals surface area contributed by atoms with Gasteiger partial charge in [0.2, 0.25) is 0 Å². The van der Waals surface area contributed by atoms with E-state index in [-0.39, 0.29) is 9.79 Å². The molecular weight excluding hydrogens is 482 g/mol. The van der Waals surface area contributed by atoms with Gasteiger partial charge in [0.1, 0.15) is 5.75 Å². The SMILES string of the molecule is C=S(=O)(NS(=O)(=O)c1ccc(C)cc1)c1ccc(OC(=O)c2ccccc2)c(CCCCCC)c1. The van der Waals surface area contributed by atoms with E-state index in [0.717, 1.165) is 31.2 Å². The van der Waals surface area contributed by atoms with Crippen LogP contribution in [0.15, 0.2) is 82.6 Å². The molecule has 3 aromatic rings. The minimum atomic E-state index is -4.06. The summed E-state index contributed by atoms with van der Waals surface area (Å²) >= 11 is 0. The predicted octanol–water partition coefficient (Wildman–Crippen LogP) is 5.31. The van der Waals surface area contributed by atoms with Crippen molar-refractivity contribution in [3.63, 3.8) is 0 Å². The van der Waals surface area contributed by atoms with E-state index in [2.05, 4.69) is 16.9 Å². The van der Waals surface area contributed by atoms with E-state index in [1.165, 1.54) is 18.2 Å². The molecule has 0 saturated heterocycles. The number of rotatable bonds is 11. The zero-order valence-electron chi connectivity index (χ0n) is 20.0. The molecule has 3 aromatic carbocycles. The zero-order chi connectivity index (χ0) is 25.5. The van der Waals surface area contributed by atoms with Gasteiger partial charge in [-0.2, -0.15) is 0 Å². The molecule has 8 heteroatoms. The Morgan fingerprint density at radius 2 is 1.54 bits per heavy atom. The van der Waals surface area contributed by atoms with Crippen LogP contribution in [0, 0.1) is 6.92 Å². The Balaban J connectivity index is 1.89. The average molecular weight is 514 g/mol. The van der Waals surface area contributed by atoms with E-state index in [0.29, 0.717) is 23.3 Å². The lowest BCUT2D eigenvalue weighted by Gasteiger charge is -2.16. The summed E-state index contributed by atoms with van der Waals surface area (Å²) in [4.78, 5) is 12.8. The van der Waals surface area contributed by atoms with Crippen molar-refractivity contribution in [3.05, 3.63) is 89.5 Å². The van der Waals surface area contributed by atoms with Gasteiger partial charge in [0.15, 0.2) is 0 Å². The first-order valence-electron chi connectivity index (χ1n) is 11.5. The van der Waals surface area contributed by atoms with E-state index in [4.69, 9.17) is 4.74 Å². The summed E-state index contributed by atoms with van der Waals surface area (Å²) in [6.07, 6.45) is 4.57. The predicted molar refractivity (Wildman–Crippen MR) is 141 cm³/mol. The van der Waals surface area contributed by atoms with Crippen molar-refractivity contribution in [1.29, 1.82) is 0 Å². The highest BCUT2D eigenvalue weighted by Crippen LogP contribution is 2.26. The minimum absolute atomic E-state index is 0.00711. The largest absolute Gasteiger partial charge is 0.423 e. The van der Waals surface area contributed by atoms with Gasteiger partial charge in [0, 0.05) is 4.90 Å². The first-order valence-corrected chi connectivity index (χ1v) is 14.7. The molecule has 0 aliphatic heterocycles. The van der Waals surface area contributed by atoms with Crippen LogP contribution >= 0.6 is 0 Å². The van der Waals surface area contributed by atoms with Crippen molar-refractivity contribution in [1.82, 2.24) is 4.13 Å². The third-order valence-electron chi connectivity index (χ3n) is 5.50. The van der Waals surface area contributed by atoms with Gasteiger partial charge < -0.3 is 4.74 Å². The van der Waals surface area contributed by atoms with Crippen molar-refractivity contribution in [2.75, 3.05) is 0 Å². The second-order valence-electron chi connectivity index (χ2n) is 8.41. The quantitative estimate of drug-likeness (QED) is 0.163. The molecule has 0 aromatic heterocycles. The molecule has 0 fully saturated rings. The molecule has 35 heavy (non-hydrogen) atoms. The van der Waals surface area contributed by atoms with Crippen molar-refractivity contribution >= 4 is 31.6 Å². The second-order valence-corrected chi connectivity index (χ2v) is 12.4. The van der Waals surface area contributed by atoms with Gasteiger partial charge in [-0.25, -0.2) is 17.4 Å². The molecule has 0 spiro atoms. The van der Waals surface area contributed by atoms with Gasteiger partial charge in [-0.05, 0) is 73.7 Å². The maximum atomic E-state index is 13.4. The first-order chi connectivity index (χ1) is 16.6. The van der Waals surface area contributed by atoms with E-state index in [9.17, 15) is 17.4 Å². The highest BCUT2D eigenvalue weighted by atomic mass is 32.3. The van der Waals surface area contributed by atoms with Crippen molar-refractivity contribution in [3.8, 4) is 5.75 Å². The van der Waals surface area contributed by atoms with Crippen LogP contribution in [0.3, 0.4) is 0 Å². The fourth-order valence-electron chi connectivity index (χ4n) is 3.52. The van der Waals surface area contributed by atoms with Crippen LogP contribution in [0.1, 0.15) is 54.1 Å². The Morgan fingerprint density at radius 3 is 2.20 bits per heavy atom. The summed E-state index contributed by atoms with van der Waals surface area (Å²) in [6.45, 7) is 3.97. The molecule has 0 aliphatic rings. The van der Waals surface area contributed by atoms with E-state index in [1.807, 2.05) is 13.0 Å². The normalized spacial score (nSPS) is 13.2. The fourth-order valence-corrected chi connectivity index (χ4v) is 6.82. The summed E-state index contributed by atoms with van der Waals surface area (Å²) in [7, 11) is -7.47. The molecule has 0 bridgehead atoms. The molecule has 0 amide bonds. The van der Waals surface area contributed by atoms with Gasteiger partial charge in [0.25, 0.3) is 10.0 Å². The molecule has 1 N–H and O–H groups in total. The summed E-state index contributed by atoms with van der Waals surface area (Å²) < 4.78 is 47.0. The Hall–Kier alpha value is -2.94. The van der Waals surface area contributed by atoms with E-state index < -0.39 is 25.7 Å². The summed E-state index contributed by atoms with van der Waals surface area (Å²) in [5.41, 5.74) is 2.00. The van der Waals surface area contributed by atoms with Gasteiger partial charge in [-0.3, -0.25) is 0 Å². The van der Waals surface area contributed by atoms with Gasteiger partial charge in [-0.15, -0.1) is 4.13 Å². The number of nitrogens with one attached hydrogen (secondary N) is 1. The van der Waals surface area contributed by atoms with Crippen molar-refractivity contribution < 1.29 is 22.2 Å². The Bertz CT molecular complexity index is 1360. The lowest BCUT2D eigenvalue weighted by Crippen LogP contribution is -2.30. The molecule has 186 valence electrons. The number of esters is 1. The van der Waals surface area contributed by atoms with Crippen LogP contribution in [0.25, 0.3) is 0 Å². The smallest absolute Gasteiger partial charge is 0.343 e. The third-order valence-corrected chi connectivity index (χ3v) is 9.36. The molecular formula is C27H31NO5S2. The molecule has 6 nitrogen and oxygen atoms in total. The van der Waals surface area contributed by atoms with Crippen LogP contribution < -0.4 is 8.86 Å². The number of ether oxygens (including phenoxy) is 1. The van der Waals surface area contributed by atoms with Gasteiger partial charge in [-0.1, -0.05) is 62.1 Å². The molecule has 3 rings (SSSR count). The third kappa shape index (κ3) is 7.27. The summed E-state index contributed by atoms with van der Waals surface area (Å²) in [5.74, 6) is 3.55. The van der Waals surface area contributed by atoms with Crippen LogP contribution in [0.5, 0.6) is 5.75 Å². The highest BCUT2D eigenvalue weighted by Gasteiger charge is 2.22. The Kier molecular flexibility index (Phi) is 8.88. The zero-order valence-corrected chi connectivity index (χ0v) is 21.7. The maximum absolute atomic E-state index is 13.4. The lowest BCUT2D eigenvalue weighted by molar-refractivity contribution is 0.0733. The number of carbonyl (C=O) groups excluding carboxylic acids is 1. The molecule has 0 radical (unpaired) electrons. The van der Waals surface area contributed by atoms with Gasteiger partial charge in [0.05, 0.1) is 20.2 Å². The Labute approximate surface area is 208 Å². The molecule has 0 saturated carbocycles. The second kappa shape index (κ2) is 11.7. The summed E-state index contributed by atoms with van der Waals surface area (Å²) in [6, 6.07) is 19.6. The van der Waals surface area contributed by atoms with Crippen molar-refractivity contribution in [2.24, 2.45) is 0 Å². The lowest BCUT2D eigenvalue weighted by atomic mass is 10.1. The number of sulfonamides is 1. The number of aryl methyl sites for hydroxylation is 2. The number of unbranched alkanes of at least 4 members (excludes halogenated alkanes) is 3. The minimum Gasteiger partial charge on any atom is -0.423 e. The molecule has 1 atom stereocenters. The number of benzene rings is 3. The number of hydrogen-bond acceptors (Lipinski definition) is 5. The topological polar surface area (TPSA) is 89.5 Å². The molecule has 1 unspecified atom stereocenters. The average Bonchev–Trinajstić information content (AvgIpc) is 2.82. The maximum Gasteiger partial charge on any atom is 0.343 e. The molecule has 0 aliphatic carbocycles.